The first-order valence-electron chi connectivity index (χ1n) is 5.44. The molecule has 0 aromatic heterocycles. The fraction of sp³-hybridized carbons (Fsp3) is 0.429. The zero-order valence-electron chi connectivity index (χ0n) is 9.30. The highest BCUT2D eigenvalue weighted by Crippen LogP contribution is 2.26. The second-order valence-electron chi connectivity index (χ2n) is 4.80. The summed E-state index contributed by atoms with van der Waals surface area (Å²) in [5.41, 5.74) is 5.90. The fourth-order valence-electron chi connectivity index (χ4n) is 2.16. The van der Waals surface area contributed by atoms with Crippen molar-refractivity contribution >= 4 is 6.08 Å². The average Bonchev–Trinajstić information content (AvgIpc) is 2.42. The third-order valence-electron chi connectivity index (χ3n) is 2.73. The fourth-order valence-corrected chi connectivity index (χ4v) is 2.16. The first-order chi connectivity index (χ1) is 6.65. The molecule has 0 saturated heterocycles. The van der Waals surface area contributed by atoms with Crippen molar-refractivity contribution in [3.8, 4) is 0 Å². The summed E-state index contributed by atoms with van der Waals surface area (Å²) in [6, 6.07) is 6.93. The molecule has 0 atom stereocenters. The van der Waals surface area contributed by atoms with E-state index < -0.39 is 0 Å². The van der Waals surface area contributed by atoms with Crippen molar-refractivity contribution in [2.75, 3.05) is 0 Å². The van der Waals surface area contributed by atoms with Gasteiger partial charge in [0.25, 0.3) is 0 Å². The van der Waals surface area contributed by atoms with E-state index in [2.05, 4.69) is 45.0 Å². The summed E-state index contributed by atoms with van der Waals surface area (Å²) in [6.07, 6.45) is 4.66. The molecule has 14 heavy (non-hydrogen) atoms. The van der Waals surface area contributed by atoms with Crippen LogP contribution in [0, 0.1) is 5.92 Å². The van der Waals surface area contributed by atoms with Crippen LogP contribution in [0.2, 0.25) is 0 Å². The average molecular weight is 186 g/mol. The molecule has 0 aliphatic heterocycles. The van der Waals surface area contributed by atoms with Crippen molar-refractivity contribution < 1.29 is 0 Å². The molecule has 0 bridgehead atoms. The third kappa shape index (κ3) is 1.89. The van der Waals surface area contributed by atoms with Gasteiger partial charge >= 0.3 is 0 Å². The van der Waals surface area contributed by atoms with Crippen LogP contribution >= 0.6 is 0 Å². The van der Waals surface area contributed by atoms with Crippen LogP contribution in [0.15, 0.2) is 23.8 Å². The van der Waals surface area contributed by atoms with Crippen LogP contribution in [-0.4, -0.2) is 0 Å². The monoisotopic (exact) mass is 186 g/mol. The van der Waals surface area contributed by atoms with E-state index in [1.54, 1.807) is 0 Å². The second-order valence-corrected chi connectivity index (χ2v) is 4.80. The Labute approximate surface area is 86.7 Å². The van der Waals surface area contributed by atoms with Crippen molar-refractivity contribution in [1.82, 2.24) is 0 Å². The molecule has 1 aliphatic carbocycles. The molecule has 0 spiro atoms. The minimum absolute atomic E-state index is 0.750. The molecular formula is C14H18. The van der Waals surface area contributed by atoms with Crippen LogP contribution in [0.4, 0.5) is 0 Å². The Bertz CT molecular complexity index is 370. The number of hydrogen-bond acceptors (Lipinski definition) is 0. The lowest BCUT2D eigenvalue weighted by molar-refractivity contribution is 0.647. The summed E-state index contributed by atoms with van der Waals surface area (Å²) in [5.74, 6) is 0.750. The lowest BCUT2D eigenvalue weighted by Crippen LogP contribution is -1.95. The van der Waals surface area contributed by atoms with Gasteiger partial charge in [-0.3, -0.25) is 0 Å². The SMILES string of the molecule is CC1=Cc2cc(CC(C)C)ccc2C1. The highest BCUT2D eigenvalue weighted by atomic mass is 14.1. The van der Waals surface area contributed by atoms with Crippen molar-refractivity contribution in [3.05, 3.63) is 40.5 Å². The molecule has 1 aromatic carbocycles. The molecular weight excluding hydrogens is 168 g/mol. The van der Waals surface area contributed by atoms with E-state index in [1.165, 1.54) is 28.7 Å². The van der Waals surface area contributed by atoms with E-state index in [4.69, 9.17) is 0 Å². The van der Waals surface area contributed by atoms with Crippen LogP contribution < -0.4 is 0 Å². The maximum absolute atomic E-state index is 2.35. The first kappa shape index (κ1) is 9.51. The van der Waals surface area contributed by atoms with E-state index in [1.807, 2.05) is 0 Å². The molecule has 0 saturated carbocycles. The number of hydrogen-bond donors (Lipinski definition) is 0. The summed E-state index contributed by atoms with van der Waals surface area (Å²) in [7, 11) is 0. The van der Waals surface area contributed by atoms with E-state index in [9.17, 15) is 0 Å². The van der Waals surface area contributed by atoms with Crippen LogP contribution in [0.1, 0.15) is 37.5 Å². The minimum Gasteiger partial charge on any atom is -0.0683 e. The van der Waals surface area contributed by atoms with E-state index in [0.29, 0.717) is 0 Å². The van der Waals surface area contributed by atoms with Gasteiger partial charge in [0, 0.05) is 0 Å². The van der Waals surface area contributed by atoms with Crippen molar-refractivity contribution in [1.29, 1.82) is 0 Å². The molecule has 0 heterocycles. The van der Waals surface area contributed by atoms with Gasteiger partial charge in [-0.25, -0.2) is 0 Å². The van der Waals surface area contributed by atoms with Gasteiger partial charge < -0.3 is 0 Å². The van der Waals surface area contributed by atoms with E-state index in [0.717, 1.165) is 12.3 Å². The van der Waals surface area contributed by atoms with Gasteiger partial charge in [0.2, 0.25) is 0 Å². The number of rotatable bonds is 2. The topological polar surface area (TPSA) is 0 Å². The highest BCUT2D eigenvalue weighted by molar-refractivity contribution is 5.63. The normalized spacial score (nSPS) is 14.4. The summed E-state index contributed by atoms with van der Waals surface area (Å²) >= 11 is 0. The van der Waals surface area contributed by atoms with E-state index in [-0.39, 0.29) is 0 Å². The molecule has 0 heteroatoms. The molecule has 1 aliphatic rings. The Morgan fingerprint density at radius 3 is 2.79 bits per heavy atom. The Morgan fingerprint density at radius 1 is 1.29 bits per heavy atom. The van der Waals surface area contributed by atoms with Gasteiger partial charge in [-0.05, 0) is 42.4 Å². The van der Waals surface area contributed by atoms with Crippen molar-refractivity contribution in [3.63, 3.8) is 0 Å². The molecule has 74 valence electrons. The second kappa shape index (κ2) is 3.61. The van der Waals surface area contributed by atoms with Crippen LogP contribution in [-0.2, 0) is 12.8 Å². The van der Waals surface area contributed by atoms with Gasteiger partial charge in [-0.2, -0.15) is 0 Å². The quantitative estimate of drug-likeness (QED) is 0.658. The van der Waals surface area contributed by atoms with Crippen LogP contribution in [0.3, 0.4) is 0 Å². The van der Waals surface area contributed by atoms with Gasteiger partial charge in [0.1, 0.15) is 0 Å². The summed E-state index contributed by atoms with van der Waals surface area (Å²) in [5, 5.41) is 0. The van der Waals surface area contributed by atoms with Gasteiger partial charge in [-0.1, -0.05) is 43.7 Å². The molecule has 0 radical (unpaired) electrons. The first-order valence-corrected chi connectivity index (χ1v) is 5.44. The number of allylic oxidation sites excluding steroid dienone is 1. The van der Waals surface area contributed by atoms with Crippen LogP contribution in [0.25, 0.3) is 6.08 Å². The zero-order valence-corrected chi connectivity index (χ0v) is 9.30. The third-order valence-corrected chi connectivity index (χ3v) is 2.73. The smallest absolute Gasteiger partial charge is 0.00606 e. The maximum atomic E-state index is 2.35. The lowest BCUT2D eigenvalue weighted by Gasteiger charge is -2.06. The highest BCUT2D eigenvalue weighted by Gasteiger charge is 2.09. The standard InChI is InChI=1S/C14H18/c1-10(2)6-12-4-5-13-7-11(3)8-14(13)9-12/h4-5,8-10H,6-7H2,1-3H3. The molecule has 0 fully saturated rings. The van der Waals surface area contributed by atoms with Crippen molar-refractivity contribution in [2.45, 2.75) is 33.6 Å². The van der Waals surface area contributed by atoms with E-state index >= 15 is 0 Å². The molecule has 1 aromatic rings. The minimum atomic E-state index is 0.750. The molecule has 0 amide bonds. The van der Waals surface area contributed by atoms with Gasteiger partial charge in [0.15, 0.2) is 0 Å². The molecule has 0 unspecified atom stereocenters. The molecule has 2 rings (SSSR count). The Kier molecular flexibility index (Phi) is 2.45. The number of benzene rings is 1. The Balaban J connectivity index is 2.27. The van der Waals surface area contributed by atoms with Gasteiger partial charge in [0.05, 0.1) is 0 Å². The van der Waals surface area contributed by atoms with Crippen molar-refractivity contribution in [2.24, 2.45) is 5.92 Å². The Hall–Kier alpha value is -1.04. The molecule has 0 nitrogen and oxygen atoms in total. The summed E-state index contributed by atoms with van der Waals surface area (Å²) in [4.78, 5) is 0. The summed E-state index contributed by atoms with van der Waals surface area (Å²) < 4.78 is 0. The lowest BCUT2D eigenvalue weighted by atomic mass is 9.99. The Morgan fingerprint density at radius 2 is 2.07 bits per heavy atom. The summed E-state index contributed by atoms with van der Waals surface area (Å²) in [6.45, 7) is 6.75. The maximum Gasteiger partial charge on any atom is -0.00606 e. The predicted octanol–water partition coefficient (Wildman–Crippen LogP) is 3.84. The predicted molar refractivity (Wildman–Crippen MR) is 62.3 cm³/mol. The van der Waals surface area contributed by atoms with Gasteiger partial charge in [-0.15, -0.1) is 0 Å². The molecule has 0 N–H and O–H groups in total. The largest absolute Gasteiger partial charge is 0.0683 e. The number of fused-ring (bicyclic) bond motifs is 1. The van der Waals surface area contributed by atoms with Crippen LogP contribution in [0.5, 0.6) is 0 Å². The zero-order chi connectivity index (χ0) is 10.1.